The summed E-state index contributed by atoms with van der Waals surface area (Å²) in [6.45, 7) is 0.797. The molecule has 1 saturated carbocycles. The summed E-state index contributed by atoms with van der Waals surface area (Å²) in [4.78, 5) is 32.2. The number of benzene rings is 1. The lowest BCUT2D eigenvalue weighted by Crippen LogP contribution is -2.47. The average Bonchev–Trinajstić information content (AvgIpc) is 3.41. The van der Waals surface area contributed by atoms with E-state index in [0.29, 0.717) is 35.2 Å². The van der Waals surface area contributed by atoms with Crippen LogP contribution in [-0.2, 0) is 4.79 Å². The molecule has 1 aromatic carbocycles. The van der Waals surface area contributed by atoms with Crippen molar-refractivity contribution in [2.24, 2.45) is 5.92 Å². The van der Waals surface area contributed by atoms with Crippen molar-refractivity contribution in [1.29, 1.82) is 0 Å². The lowest BCUT2D eigenvalue weighted by Gasteiger charge is -2.31. The predicted molar refractivity (Wildman–Crippen MR) is 143 cm³/mol. The van der Waals surface area contributed by atoms with E-state index in [1.54, 1.807) is 24.1 Å². The molecule has 5 rings (SSSR count). The van der Waals surface area contributed by atoms with Gasteiger partial charge < -0.3 is 20.2 Å². The van der Waals surface area contributed by atoms with E-state index in [0.717, 1.165) is 17.0 Å². The molecule has 2 fully saturated rings. The van der Waals surface area contributed by atoms with Crippen LogP contribution in [0.5, 0.6) is 5.75 Å². The van der Waals surface area contributed by atoms with E-state index < -0.39 is 0 Å². The van der Waals surface area contributed by atoms with Gasteiger partial charge in [-0.1, -0.05) is 25.3 Å². The number of amides is 2. The predicted octanol–water partition coefficient (Wildman–Crippen LogP) is 4.99. The van der Waals surface area contributed by atoms with Crippen molar-refractivity contribution in [3.05, 3.63) is 64.4 Å². The maximum Gasteiger partial charge on any atom is 0.319 e. The third kappa shape index (κ3) is 5.61. The van der Waals surface area contributed by atoms with Crippen LogP contribution in [0.15, 0.2) is 48.0 Å². The summed E-state index contributed by atoms with van der Waals surface area (Å²) in [5, 5.41) is 17.4. The summed E-state index contributed by atoms with van der Waals surface area (Å²) in [6.07, 6.45) is 8.96. The first-order valence-corrected chi connectivity index (χ1v) is 13.8. The maximum absolute atomic E-state index is 13.1. The maximum atomic E-state index is 13.1. The van der Waals surface area contributed by atoms with Crippen LogP contribution < -0.4 is 14.8 Å². The Morgan fingerprint density at radius 1 is 1.14 bits per heavy atom. The van der Waals surface area contributed by atoms with Crippen LogP contribution in [0.1, 0.15) is 66.9 Å². The van der Waals surface area contributed by atoms with E-state index in [-0.39, 0.29) is 30.0 Å². The molecule has 0 unspecified atom stereocenters. The number of pyridine rings is 1. The number of nitrogens with zero attached hydrogens (tertiary/aromatic N) is 3. The quantitative estimate of drug-likeness (QED) is 0.365. The number of rotatable bonds is 6. The first-order valence-electron chi connectivity index (χ1n) is 13.0. The van der Waals surface area contributed by atoms with Crippen LogP contribution in [0.2, 0.25) is 0 Å². The van der Waals surface area contributed by atoms with Gasteiger partial charge in [0, 0.05) is 36.2 Å². The molecule has 1 atom stereocenters. The molecule has 2 aromatic heterocycles. The third-order valence-electron chi connectivity index (χ3n) is 7.43. The SMILES string of the molecule is COc1ccc(C2CCCCC2)cc1-c1csc(NC(=O)[C@H]2CCCN(C(=O)c3cccc[n+]3[O-])C2)n1. The van der Waals surface area contributed by atoms with Crippen molar-refractivity contribution in [1.82, 2.24) is 9.88 Å². The molecule has 8 nitrogen and oxygen atoms in total. The van der Waals surface area contributed by atoms with Crippen molar-refractivity contribution in [3.8, 4) is 17.0 Å². The van der Waals surface area contributed by atoms with Gasteiger partial charge >= 0.3 is 5.91 Å². The summed E-state index contributed by atoms with van der Waals surface area (Å²) in [5.41, 5.74) is 3.10. The standard InChI is InChI=1S/C28H32N4O4S/c1-36-25-13-12-20(19-8-3-2-4-9-19)16-22(25)23-18-37-28(29-23)30-26(33)21-10-7-14-31(17-21)27(34)24-11-5-6-15-32(24)35/h5-6,11-13,15-16,18-19,21H,2-4,7-10,14,17H2,1H3,(H,29,30,33)/t21-/m0/s1. The van der Waals surface area contributed by atoms with E-state index in [9.17, 15) is 14.8 Å². The Morgan fingerprint density at radius 2 is 1.97 bits per heavy atom. The molecular formula is C28H32N4O4S. The van der Waals surface area contributed by atoms with Gasteiger partial charge in [-0.05, 0) is 55.4 Å². The molecule has 37 heavy (non-hydrogen) atoms. The molecule has 1 aliphatic carbocycles. The van der Waals surface area contributed by atoms with E-state index in [4.69, 9.17) is 9.72 Å². The van der Waals surface area contributed by atoms with Gasteiger partial charge in [-0.15, -0.1) is 11.3 Å². The number of hydrogen-bond acceptors (Lipinski definition) is 6. The normalized spacial score (nSPS) is 18.4. The number of ether oxygens (including phenoxy) is 1. The Morgan fingerprint density at radius 3 is 2.76 bits per heavy atom. The fourth-order valence-corrected chi connectivity index (χ4v) is 6.12. The monoisotopic (exact) mass is 520 g/mol. The average molecular weight is 521 g/mol. The number of hydrogen-bond donors (Lipinski definition) is 1. The van der Waals surface area contributed by atoms with E-state index in [1.165, 1.54) is 61.3 Å². The Labute approximate surface area is 220 Å². The molecule has 0 spiro atoms. The zero-order valence-corrected chi connectivity index (χ0v) is 21.8. The molecule has 0 radical (unpaired) electrons. The number of piperidine rings is 1. The number of carbonyl (C=O) groups is 2. The van der Waals surface area contributed by atoms with Crippen molar-refractivity contribution in [2.75, 3.05) is 25.5 Å². The van der Waals surface area contributed by atoms with Gasteiger partial charge in [-0.3, -0.25) is 9.59 Å². The Kier molecular flexibility index (Phi) is 7.69. The summed E-state index contributed by atoms with van der Waals surface area (Å²) in [7, 11) is 1.66. The molecular weight excluding hydrogens is 488 g/mol. The number of thiazole rings is 1. The topological polar surface area (TPSA) is 98.5 Å². The van der Waals surface area contributed by atoms with Gasteiger partial charge in [-0.25, -0.2) is 4.98 Å². The number of aromatic nitrogens is 2. The fraction of sp³-hybridized carbons (Fsp3) is 0.429. The molecule has 194 valence electrons. The number of methoxy groups -OCH3 is 1. The van der Waals surface area contributed by atoms with Crippen molar-refractivity contribution in [2.45, 2.75) is 50.9 Å². The van der Waals surface area contributed by atoms with Crippen LogP contribution in [0, 0.1) is 11.1 Å². The minimum Gasteiger partial charge on any atom is -0.618 e. The second-order valence-electron chi connectivity index (χ2n) is 9.82. The van der Waals surface area contributed by atoms with Gasteiger partial charge in [-0.2, -0.15) is 4.73 Å². The zero-order chi connectivity index (χ0) is 25.8. The second-order valence-corrected chi connectivity index (χ2v) is 10.7. The lowest BCUT2D eigenvalue weighted by molar-refractivity contribution is -0.608. The van der Waals surface area contributed by atoms with Gasteiger partial charge in [0.25, 0.3) is 5.69 Å². The molecule has 2 amide bonds. The minimum atomic E-state index is -0.363. The molecule has 1 aliphatic heterocycles. The largest absolute Gasteiger partial charge is 0.618 e. The molecule has 3 aromatic rings. The highest BCUT2D eigenvalue weighted by atomic mass is 32.1. The Hall–Kier alpha value is -3.46. The molecule has 0 bridgehead atoms. The number of likely N-dealkylation sites (tertiary alicyclic amines) is 1. The summed E-state index contributed by atoms with van der Waals surface area (Å²) in [6, 6.07) is 11.1. The second kappa shape index (κ2) is 11.3. The van der Waals surface area contributed by atoms with E-state index in [2.05, 4.69) is 17.4 Å². The Balaban J connectivity index is 1.27. The van der Waals surface area contributed by atoms with E-state index >= 15 is 0 Å². The first kappa shape index (κ1) is 25.2. The Bertz CT molecular complexity index is 1270. The highest BCUT2D eigenvalue weighted by Crippen LogP contribution is 2.38. The summed E-state index contributed by atoms with van der Waals surface area (Å²) in [5.74, 6) is 0.456. The van der Waals surface area contributed by atoms with Crippen molar-refractivity contribution < 1.29 is 19.1 Å². The highest BCUT2D eigenvalue weighted by molar-refractivity contribution is 7.14. The van der Waals surface area contributed by atoms with Crippen LogP contribution in [0.4, 0.5) is 5.13 Å². The van der Waals surface area contributed by atoms with Gasteiger partial charge in [0.15, 0.2) is 11.3 Å². The van der Waals surface area contributed by atoms with E-state index in [1.807, 2.05) is 11.4 Å². The van der Waals surface area contributed by atoms with Gasteiger partial charge in [0.1, 0.15) is 5.75 Å². The van der Waals surface area contributed by atoms with Crippen LogP contribution in [0.25, 0.3) is 11.3 Å². The van der Waals surface area contributed by atoms with Gasteiger partial charge in [0.2, 0.25) is 5.91 Å². The van der Waals surface area contributed by atoms with Crippen LogP contribution >= 0.6 is 11.3 Å². The highest BCUT2D eigenvalue weighted by Gasteiger charge is 2.32. The van der Waals surface area contributed by atoms with Gasteiger partial charge in [0.05, 0.1) is 18.7 Å². The van der Waals surface area contributed by atoms with Crippen LogP contribution in [-0.4, -0.2) is 41.9 Å². The molecule has 3 heterocycles. The lowest BCUT2D eigenvalue weighted by atomic mass is 9.83. The third-order valence-corrected chi connectivity index (χ3v) is 8.19. The van der Waals surface area contributed by atoms with Crippen molar-refractivity contribution in [3.63, 3.8) is 0 Å². The number of anilines is 1. The smallest absolute Gasteiger partial charge is 0.319 e. The summed E-state index contributed by atoms with van der Waals surface area (Å²) < 4.78 is 6.19. The summed E-state index contributed by atoms with van der Waals surface area (Å²) >= 11 is 1.38. The molecule has 1 N–H and O–H groups in total. The molecule has 2 aliphatic rings. The fourth-order valence-electron chi connectivity index (χ4n) is 5.41. The first-order chi connectivity index (χ1) is 18.0. The van der Waals surface area contributed by atoms with Crippen LogP contribution in [0.3, 0.4) is 0 Å². The minimum absolute atomic E-state index is 0.0672. The number of nitrogens with one attached hydrogen (secondary N) is 1. The molecule has 9 heteroatoms. The zero-order valence-electron chi connectivity index (χ0n) is 21.0. The molecule has 1 saturated heterocycles. The van der Waals surface area contributed by atoms with Crippen molar-refractivity contribution >= 4 is 28.3 Å². The number of carbonyl (C=O) groups excluding carboxylic acids is 2.